The number of phenols is 3. The third-order valence-corrected chi connectivity index (χ3v) is 4.32. The highest BCUT2D eigenvalue weighted by Crippen LogP contribution is 2.51. The van der Waals surface area contributed by atoms with Crippen molar-refractivity contribution in [3.8, 4) is 23.0 Å². The summed E-state index contributed by atoms with van der Waals surface area (Å²) in [5, 5.41) is 48.1. The van der Waals surface area contributed by atoms with E-state index in [2.05, 4.69) is 0 Å². The molecule has 1 aliphatic heterocycles. The molecule has 0 saturated heterocycles. The van der Waals surface area contributed by atoms with Crippen LogP contribution in [-0.2, 0) is 6.42 Å². The van der Waals surface area contributed by atoms with Crippen molar-refractivity contribution >= 4 is 0 Å². The summed E-state index contributed by atoms with van der Waals surface area (Å²) in [4.78, 5) is 0. The van der Waals surface area contributed by atoms with Crippen LogP contribution in [0, 0.1) is 0 Å². The second kappa shape index (κ2) is 6.59. The van der Waals surface area contributed by atoms with Crippen molar-refractivity contribution in [2.75, 3.05) is 13.2 Å². The minimum atomic E-state index is -0.574. The first-order valence-corrected chi connectivity index (χ1v) is 7.81. The molecule has 0 saturated carbocycles. The Bertz CT molecular complexity index is 743. The average Bonchev–Trinajstić information content (AvgIpc) is 2.94. The number of fused-ring (bicyclic) bond motifs is 1. The van der Waals surface area contributed by atoms with Gasteiger partial charge in [0.2, 0.25) is 0 Å². The Morgan fingerprint density at radius 2 is 1.71 bits per heavy atom. The predicted molar refractivity (Wildman–Crippen MR) is 86.5 cm³/mol. The number of phenolic OH excluding ortho intramolecular Hbond substituents is 3. The summed E-state index contributed by atoms with van der Waals surface area (Å²) in [6, 6.07) is 7.82. The zero-order chi connectivity index (χ0) is 17.3. The molecule has 6 nitrogen and oxygen atoms in total. The molecule has 2 atom stereocenters. The monoisotopic (exact) mass is 332 g/mol. The summed E-state index contributed by atoms with van der Waals surface area (Å²) >= 11 is 0. The number of aromatic hydroxyl groups is 3. The molecule has 2 aromatic rings. The molecule has 128 valence electrons. The Kier molecular flexibility index (Phi) is 4.51. The van der Waals surface area contributed by atoms with E-state index in [4.69, 9.17) is 9.84 Å². The number of benzene rings is 2. The van der Waals surface area contributed by atoms with Gasteiger partial charge in [-0.1, -0.05) is 12.1 Å². The van der Waals surface area contributed by atoms with Crippen LogP contribution in [0.3, 0.4) is 0 Å². The molecule has 0 bridgehead atoms. The van der Waals surface area contributed by atoms with Gasteiger partial charge >= 0.3 is 0 Å². The third-order valence-electron chi connectivity index (χ3n) is 4.32. The summed E-state index contributed by atoms with van der Waals surface area (Å²) in [6.45, 7) is -0.130. The molecular formula is C18H20O6. The fourth-order valence-electron chi connectivity index (χ4n) is 3.11. The molecule has 0 spiro atoms. The highest BCUT2D eigenvalue weighted by Gasteiger charge is 2.37. The second-order valence-corrected chi connectivity index (χ2v) is 5.94. The minimum absolute atomic E-state index is 0.00982. The quantitative estimate of drug-likeness (QED) is 0.535. The molecule has 24 heavy (non-hydrogen) atoms. The summed E-state index contributed by atoms with van der Waals surface area (Å²) < 4.78 is 5.83. The van der Waals surface area contributed by atoms with Crippen LogP contribution in [0.15, 0.2) is 30.3 Å². The van der Waals surface area contributed by atoms with Crippen molar-refractivity contribution in [1.29, 1.82) is 0 Å². The topological polar surface area (TPSA) is 110 Å². The van der Waals surface area contributed by atoms with Gasteiger partial charge in [0.15, 0.2) is 23.0 Å². The van der Waals surface area contributed by atoms with E-state index in [1.807, 2.05) is 6.07 Å². The van der Waals surface area contributed by atoms with Crippen molar-refractivity contribution in [2.45, 2.75) is 24.9 Å². The van der Waals surface area contributed by atoms with E-state index in [9.17, 15) is 20.4 Å². The van der Waals surface area contributed by atoms with Gasteiger partial charge in [0.05, 0.1) is 12.5 Å². The Labute approximate surface area is 139 Å². The number of aryl methyl sites for hydroxylation is 1. The van der Waals surface area contributed by atoms with Crippen LogP contribution in [0.2, 0.25) is 0 Å². The zero-order valence-corrected chi connectivity index (χ0v) is 13.0. The van der Waals surface area contributed by atoms with Gasteiger partial charge in [0, 0.05) is 12.2 Å². The predicted octanol–water partition coefficient (Wildman–Crippen LogP) is 1.94. The molecule has 3 rings (SSSR count). The molecular weight excluding hydrogens is 312 g/mol. The largest absolute Gasteiger partial charge is 0.504 e. The minimum Gasteiger partial charge on any atom is -0.504 e. The Morgan fingerprint density at radius 1 is 0.917 bits per heavy atom. The summed E-state index contributed by atoms with van der Waals surface area (Å²) in [6.07, 6.45) is 0.619. The standard InChI is InChI=1S/C18H20O6/c19-5-1-2-10-6-12-13(9-20)17(24-18(12)16(23)7-10)11-3-4-14(21)15(22)8-11/h3-4,6-8,13,17,19-23H,1-2,5,9H2/t13-,17+/m1/s1. The third kappa shape index (κ3) is 2.86. The summed E-state index contributed by atoms with van der Waals surface area (Å²) in [7, 11) is 0. The average molecular weight is 332 g/mol. The molecule has 0 fully saturated rings. The van der Waals surface area contributed by atoms with Gasteiger partial charge < -0.3 is 30.3 Å². The Hall–Kier alpha value is -2.44. The maximum Gasteiger partial charge on any atom is 0.165 e. The van der Waals surface area contributed by atoms with Crippen molar-refractivity contribution < 1.29 is 30.3 Å². The lowest BCUT2D eigenvalue weighted by atomic mass is 9.90. The van der Waals surface area contributed by atoms with Gasteiger partial charge in [-0.25, -0.2) is 0 Å². The van der Waals surface area contributed by atoms with Crippen LogP contribution in [0.4, 0.5) is 0 Å². The van der Waals surface area contributed by atoms with Gasteiger partial charge in [0.1, 0.15) is 6.10 Å². The van der Waals surface area contributed by atoms with Crippen LogP contribution in [0.1, 0.15) is 35.1 Å². The van der Waals surface area contributed by atoms with Crippen molar-refractivity contribution in [2.24, 2.45) is 0 Å². The highest BCUT2D eigenvalue weighted by atomic mass is 16.5. The summed E-state index contributed by atoms with van der Waals surface area (Å²) in [5.74, 6) is -0.590. The molecule has 5 N–H and O–H groups in total. The molecule has 0 amide bonds. The van der Waals surface area contributed by atoms with Crippen LogP contribution < -0.4 is 4.74 Å². The van der Waals surface area contributed by atoms with Gasteiger partial charge in [0.25, 0.3) is 0 Å². The van der Waals surface area contributed by atoms with Gasteiger partial charge in [-0.15, -0.1) is 0 Å². The normalized spacial score (nSPS) is 19.1. The highest BCUT2D eigenvalue weighted by molar-refractivity contribution is 5.55. The molecule has 1 heterocycles. The lowest BCUT2D eigenvalue weighted by Gasteiger charge is -2.18. The van der Waals surface area contributed by atoms with Crippen LogP contribution in [0.25, 0.3) is 0 Å². The molecule has 0 unspecified atom stereocenters. The van der Waals surface area contributed by atoms with E-state index >= 15 is 0 Å². The van der Waals surface area contributed by atoms with E-state index in [1.54, 1.807) is 12.1 Å². The first-order chi connectivity index (χ1) is 11.5. The molecule has 1 aliphatic rings. The van der Waals surface area contributed by atoms with Crippen LogP contribution >= 0.6 is 0 Å². The summed E-state index contributed by atoms with van der Waals surface area (Å²) in [5.41, 5.74) is 2.15. The second-order valence-electron chi connectivity index (χ2n) is 5.94. The SMILES string of the molecule is OCCCc1cc(O)c2c(c1)[C@@H](CO)[C@H](c1ccc(O)c(O)c1)O2. The number of rotatable bonds is 5. The molecule has 0 aliphatic carbocycles. The maximum absolute atomic E-state index is 10.2. The van der Waals surface area contributed by atoms with Crippen LogP contribution in [0.5, 0.6) is 23.0 Å². The molecule has 6 heteroatoms. The van der Waals surface area contributed by atoms with E-state index in [-0.39, 0.29) is 30.5 Å². The first-order valence-electron chi connectivity index (χ1n) is 7.81. The van der Waals surface area contributed by atoms with Gasteiger partial charge in [-0.2, -0.15) is 0 Å². The van der Waals surface area contributed by atoms with Crippen molar-refractivity contribution in [3.05, 3.63) is 47.0 Å². The number of aliphatic hydroxyl groups excluding tert-OH is 2. The Balaban J connectivity index is 1.97. The van der Waals surface area contributed by atoms with E-state index in [0.717, 1.165) is 5.56 Å². The number of hydrogen-bond donors (Lipinski definition) is 5. The fraction of sp³-hybridized carbons (Fsp3) is 0.333. The fourth-order valence-corrected chi connectivity index (χ4v) is 3.11. The van der Waals surface area contributed by atoms with Crippen LogP contribution in [-0.4, -0.2) is 38.7 Å². The van der Waals surface area contributed by atoms with Crippen molar-refractivity contribution in [1.82, 2.24) is 0 Å². The molecule has 2 aromatic carbocycles. The van der Waals surface area contributed by atoms with Crippen molar-refractivity contribution in [3.63, 3.8) is 0 Å². The number of hydrogen-bond acceptors (Lipinski definition) is 6. The lowest BCUT2D eigenvalue weighted by Crippen LogP contribution is -2.13. The first kappa shape index (κ1) is 16.4. The van der Waals surface area contributed by atoms with E-state index in [0.29, 0.717) is 29.7 Å². The molecule has 0 aromatic heterocycles. The van der Waals surface area contributed by atoms with E-state index in [1.165, 1.54) is 12.1 Å². The lowest BCUT2D eigenvalue weighted by molar-refractivity contribution is 0.157. The smallest absolute Gasteiger partial charge is 0.165 e. The Morgan fingerprint density at radius 3 is 2.38 bits per heavy atom. The maximum atomic E-state index is 10.2. The zero-order valence-electron chi connectivity index (χ0n) is 13.0. The van der Waals surface area contributed by atoms with Gasteiger partial charge in [-0.05, 0) is 42.2 Å². The molecule has 0 radical (unpaired) electrons. The number of aliphatic hydroxyl groups is 2. The number of ether oxygens (including phenoxy) is 1. The van der Waals surface area contributed by atoms with E-state index < -0.39 is 12.0 Å². The van der Waals surface area contributed by atoms with Gasteiger partial charge in [-0.3, -0.25) is 0 Å².